The Morgan fingerprint density at radius 3 is 2.67 bits per heavy atom. The van der Waals surface area contributed by atoms with Crippen LogP contribution in [0, 0.1) is 0 Å². The zero-order valence-electron chi connectivity index (χ0n) is 18.5. The van der Waals surface area contributed by atoms with Gasteiger partial charge in [-0.05, 0) is 37.7 Å². The van der Waals surface area contributed by atoms with Crippen molar-refractivity contribution in [2.45, 2.75) is 18.5 Å². The van der Waals surface area contributed by atoms with Gasteiger partial charge in [-0.1, -0.05) is 0 Å². The molecule has 2 aliphatic heterocycles. The number of likely N-dealkylation sites (N-methyl/N-ethyl adjacent to an activating group) is 1. The van der Waals surface area contributed by atoms with E-state index in [-0.39, 0.29) is 5.91 Å². The summed E-state index contributed by atoms with van der Waals surface area (Å²) < 4.78 is 1.76. The number of aryl methyl sites for hydroxylation is 1. The van der Waals surface area contributed by atoms with Gasteiger partial charge >= 0.3 is 0 Å². The van der Waals surface area contributed by atoms with Crippen molar-refractivity contribution in [2.75, 3.05) is 30.4 Å². The fourth-order valence-electron chi connectivity index (χ4n) is 4.88. The smallest absolute Gasteiger partial charge is 0.257 e. The summed E-state index contributed by atoms with van der Waals surface area (Å²) in [6.07, 6.45) is 10.1. The van der Waals surface area contributed by atoms with E-state index >= 15 is 0 Å². The minimum atomic E-state index is -0.205. The lowest BCUT2D eigenvalue weighted by atomic mass is 10.1. The number of fused-ring (bicyclic) bond motifs is 3. The largest absolute Gasteiger partial charge is 0.351 e. The lowest BCUT2D eigenvalue weighted by Gasteiger charge is -2.32. The number of amides is 1. The maximum atomic E-state index is 13.0. The Morgan fingerprint density at radius 2 is 1.91 bits per heavy atom. The number of hydrogen-bond donors (Lipinski definition) is 1. The van der Waals surface area contributed by atoms with E-state index in [2.05, 4.69) is 42.2 Å². The Hall–Kier alpha value is -3.85. The Bertz CT molecular complexity index is 1360. The molecule has 166 valence electrons. The molecule has 4 aromatic rings. The molecule has 2 aliphatic rings. The van der Waals surface area contributed by atoms with E-state index in [9.17, 15) is 4.79 Å². The summed E-state index contributed by atoms with van der Waals surface area (Å²) in [5.74, 6) is 1.14. The summed E-state index contributed by atoms with van der Waals surface area (Å²) in [4.78, 5) is 31.1. The Labute approximate surface area is 191 Å². The van der Waals surface area contributed by atoms with Crippen LogP contribution in [0.2, 0.25) is 0 Å². The Balaban J connectivity index is 1.23. The van der Waals surface area contributed by atoms with Gasteiger partial charge in [0.15, 0.2) is 0 Å². The number of anilines is 2. The highest BCUT2D eigenvalue weighted by molar-refractivity contribution is 6.04. The highest BCUT2D eigenvalue weighted by Gasteiger charge is 2.41. The third-order valence-electron chi connectivity index (χ3n) is 6.66. The van der Waals surface area contributed by atoms with Gasteiger partial charge in [0.25, 0.3) is 5.91 Å². The van der Waals surface area contributed by atoms with Gasteiger partial charge in [0, 0.05) is 72.9 Å². The van der Waals surface area contributed by atoms with E-state index in [0.717, 1.165) is 47.4 Å². The monoisotopic (exact) mass is 440 g/mol. The summed E-state index contributed by atoms with van der Waals surface area (Å²) in [5, 5.41) is 8.05. The zero-order chi connectivity index (χ0) is 22.5. The summed E-state index contributed by atoms with van der Waals surface area (Å²) in [6, 6.07) is 8.52. The molecule has 0 aliphatic carbocycles. The van der Waals surface area contributed by atoms with Gasteiger partial charge in [-0.3, -0.25) is 19.4 Å². The van der Waals surface area contributed by atoms with Crippen molar-refractivity contribution in [1.82, 2.24) is 29.6 Å². The van der Waals surface area contributed by atoms with Gasteiger partial charge in [0.05, 0.1) is 17.9 Å². The van der Waals surface area contributed by atoms with Gasteiger partial charge in [0.2, 0.25) is 0 Å². The van der Waals surface area contributed by atoms with Crippen molar-refractivity contribution in [3.05, 3.63) is 60.8 Å². The summed E-state index contributed by atoms with van der Waals surface area (Å²) in [5.41, 5.74) is 3.28. The third kappa shape index (κ3) is 3.60. The summed E-state index contributed by atoms with van der Waals surface area (Å²) in [7, 11) is 4.05. The molecule has 0 spiro atoms. The van der Waals surface area contributed by atoms with Crippen molar-refractivity contribution in [3.63, 3.8) is 0 Å². The molecule has 0 aromatic carbocycles. The molecule has 9 nitrogen and oxygen atoms in total. The molecule has 2 bridgehead atoms. The molecule has 33 heavy (non-hydrogen) atoms. The standard InChI is InChI=1S/C24H24N8O/c1-30-13-20-8-19(30)14-32(20)23-7-15(3-4-25-23)24(33)29-22-6-16-5-17(9-26-21(16)11-27-22)18-10-28-31(2)12-18/h3-7,9-12,19-20H,8,13-14H2,1-2H3,(H,27,29,33). The van der Waals surface area contributed by atoms with Crippen LogP contribution >= 0.6 is 0 Å². The lowest BCUT2D eigenvalue weighted by Crippen LogP contribution is -2.44. The molecule has 0 radical (unpaired) electrons. The number of nitrogens with one attached hydrogen (secondary N) is 1. The number of hydrogen-bond acceptors (Lipinski definition) is 7. The van der Waals surface area contributed by atoms with Crippen LogP contribution in [0.25, 0.3) is 22.0 Å². The van der Waals surface area contributed by atoms with E-state index < -0.39 is 0 Å². The first-order valence-corrected chi connectivity index (χ1v) is 11.0. The minimum Gasteiger partial charge on any atom is -0.351 e. The molecule has 1 N–H and O–H groups in total. The molecule has 2 unspecified atom stereocenters. The lowest BCUT2D eigenvalue weighted by molar-refractivity contribution is 0.102. The van der Waals surface area contributed by atoms with E-state index in [4.69, 9.17) is 0 Å². The van der Waals surface area contributed by atoms with Crippen LogP contribution in [0.3, 0.4) is 0 Å². The maximum Gasteiger partial charge on any atom is 0.257 e. The van der Waals surface area contributed by atoms with Crippen LogP contribution in [0.15, 0.2) is 55.2 Å². The number of pyridine rings is 3. The van der Waals surface area contributed by atoms with Crippen LogP contribution in [-0.4, -0.2) is 67.8 Å². The average molecular weight is 441 g/mol. The zero-order valence-corrected chi connectivity index (χ0v) is 18.5. The number of carbonyl (C=O) groups is 1. The van der Waals surface area contributed by atoms with Crippen LogP contribution < -0.4 is 10.2 Å². The number of carbonyl (C=O) groups excluding carboxylic acids is 1. The van der Waals surface area contributed by atoms with Crippen LogP contribution in [0.4, 0.5) is 11.6 Å². The van der Waals surface area contributed by atoms with Gasteiger partial charge in [0.1, 0.15) is 11.6 Å². The highest BCUT2D eigenvalue weighted by Crippen LogP contribution is 2.33. The average Bonchev–Trinajstić information content (AvgIpc) is 3.54. The van der Waals surface area contributed by atoms with E-state index in [1.165, 1.54) is 0 Å². The van der Waals surface area contributed by atoms with Crippen molar-refractivity contribution in [3.8, 4) is 11.1 Å². The Morgan fingerprint density at radius 1 is 1.00 bits per heavy atom. The van der Waals surface area contributed by atoms with Crippen LogP contribution in [0.5, 0.6) is 0 Å². The predicted molar refractivity (Wildman–Crippen MR) is 126 cm³/mol. The van der Waals surface area contributed by atoms with Gasteiger partial charge < -0.3 is 10.2 Å². The van der Waals surface area contributed by atoms with Gasteiger partial charge in [-0.15, -0.1) is 0 Å². The van der Waals surface area contributed by atoms with Crippen LogP contribution in [0.1, 0.15) is 16.8 Å². The van der Waals surface area contributed by atoms with Gasteiger partial charge in [-0.25, -0.2) is 9.97 Å². The molecule has 2 saturated heterocycles. The second kappa shape index (κ2) is 7.63. The molecule has 4 aromatic heterocycles. The normalized spacial score (nSPS) is 20.0. The molecule has 9 heteroatoms. The van der Waals surface area contributed by atoms with E-state index in [1.807, 2.05) is 31.4 Å². The van der Waals surface area contributed by atoms with Crippen molar-refractivity contribution in [1.29, 1.82) is 0 Å². The maximum absolute atomic E-state index is 13.0. The molecular formula is C24H24N8O. The topological polar surface area (TPSA) is 92.1 Å². The van der Waals surface area contributed by atoms with Crippen molar-refractivity contribution >= 4 is 28.4 Å². The van der Waals surface area contributed by atoms with E-state index in [1.54, 1.807) is 35.5 Å². The quantitative estimate of drug-likeness (QED) is 0.521. The molecule has 6 rings (SSSR count). The number of piperazine rings is 1. The van der Waals surface area contributed by atoms with Crippen molar-refractivity contribution in [2.24, 2.45) is 7.05 Å². The number of aromatic nitrogens is 5. The van der Waals surface area contributed by atoms with E-state index in [0.29, 0.717) is 23.5 Å². The molecule has 2 atom stereocenters. The fraction of sp³-hybridized carbons (Fsp3) is 0.292. The summed E-state index contributed by atoms with van der Waals surface area (Å²) >= 11 is 0. The molecule has 0 saturated carbocycles. The number of rotatable bonds is 4. The highest BCUT2D eigenvalue weighted by atomic mass is 16.1. The molecular weight excluding hydrogens is 416 g/mol. The second-order valence-electron chi connectivity index (χ2n) is 8.88. The van der Waals surface area contributed by atoms with Gasteiger partial charge in [-0.2, -0.15) is 5.10 Å². The number of likely N-dealkylation sites (tertiary alicyclic amines) is 1. The molecule has 6 heterocycles. The summed E-state index contributed by atoms with van der Waals surface area (Å²) in [6.45, 7) is 2.00. The van der Waals surface area contributed by atoms with Crippen molar-refractivity contribution < 1.29 is 4.79 Å². The fourth-order valence-corrected chi connectivity index (χ4v) is 4.88. The van der Waals surface area contributed by atoms with Crippen LogP contribution in [-0.2, 0) is 7.05 Å². The molecule has 2 fully saturated rings. The SMILES string of the molecule is CN1CC2CC1CN2c1cc(C(=O)Nc2cc3cc(-c4cnn(C)c4)cnc3cn2)ccn1. The Kier molecular flexibility index (Phi) is 4.58. The first-order valence-electron chi connectivity index (χ1n) is 11.0. The second-order valence-corrected chi connectivity index (χ2v) is 8.88. The number of nitrogens with zero attached hydrogens (tertiary/aromatic N) is 7. The minimum absolute atomic E-state index is 0.205. The molecule has 1 amide bonds. The predicted octanol–water partition coefficient (Wildman–Crippen LogP) is 2.57. The first kappa shape index (κ1) is 19.8. The first-order chi connectivity index (χ1) is 16.0. The third-order valence-corrected chi connectivity index (χ3v) is 6.66.